The molecule has 0 aliphatic rings. The van der Waals surface area contributed by atoms with Gasteiger partial charge in [0.2, 0.25) is 5.88 Å². The molecule has 0 radical (unpaired) electrons. The van der Waals surface area contributed by atoms with Gasteiger partial charge in [-0.1, -0.05) is 0 Å². The van der Waals surface area contributed by atoms with Crippen LogP contribution in [0.15, 0.2) is 12.3 Å². The summed E-state index contributed by atoms with van der Waals surface area (Å²) < 4.78 is 32.3. The maximum atomic E-state index is 11.9. The Bertz CT molecular complexity index is 386. The lowest BCUT2D eigenvalue weighted by molar-refractivity contribution is -0.0541. The van der Waals surface area contributed by atoms with Crippen LogP contribution in [0.5, 0.6) is 11.6 Å². The van der Waals surface area contributed by atoms with Gasteiger partial charge in [0, 0.05) is 0 Å². The molecule has 0 atom stereocenters. The molecule has 0 aromatic carbocycles. The van der Waals surface area contributed by atoms with Crippen LogP contribution in [0.3, 0.4) is 0 Å². The molecule has 16 heavy (non-hydrogen) atoms. The number of carbonyl (C=O) groups excluding carboxylic acids is 1. The molecule has 0 saturated heterocycles. The molecule has 0 aliphatic carbocycles. The van der Waals surface area contributed by atoms with E-state index in [1.54, 1.807) is 0 Å². The first-order chi connectivity index (χ1) is 7.49. The molecule has 1 aromatic heterocycles. The Morgan fingerprint density at radius 3 is 2.88 bits per heavy atom. The SMILES string of the molecule is NC(=O)OCc1cc(O)cnc1OC(F)F. The number of nitrogens with zero attached hydrogens (tertiary/aromatic N) is 1. The van der Waals surface area contributed by atoms with Crippen molar-refractivity contribution in [3.63, 3.8) is 0 Å². The van der Waals surface area contributed by atoms with E-state index in [4.69, 9.17) is 10.8 Å². The third kappa shape index (κ3) is 3.56. The molecule has 0 bridgehead atoms. The normalized spacial score (nSPS) is 10.2. The van der Waals surface area contributed by atoms with Gasteiger partial charge >= 0.3 is 12.7 Å². The number of carbonyl (C=O) groups is 1. The van der Waals surface area contributed by atoms with Crippen molar-refractivity contribution >= 4 is 6.09 Å². The van der Waals surface area contributed by atoms with Crippen molar-refractivity contribution in [3.8, 4) is 11.6 Å². The Morgan fingerprint density at radius 2 is 2.31 bits per heavy atom. The molecule has 6 nitrogen and oxygen atoms in total. The zero-order chi connectivity index (χ0) is 12.1. The van der Waals surface area contributed by atoms with Gasteiger partial charge in [-0.3, -0.25) is 0 Å². The van der Waals surface area contributed by atoms with Crippen molar-refractivity contribution in [2.45, 2.75) is 13.2 Å². The molecule has 3 N–H and O–H groups in total. The Kier molecular flexibility index (Phi) is 3.81. The molecule has 1 aromatic rings. The molecule has 0 unspecified atom stereocenters. The Morgan fingerprint density at radius 1 is 1.62 bits per heavy atom. The maximum absolute atomic E-state index is 11.9. The van der Waals surface area contributed by atoms with Gasteiger partial charge in [0.05, 0.1) is 11.8 Å². The van der Waals surface area contributed by atoms with E-state index < -0.39 is 25.2 Å². The summed E-state index contributed by atoms with van der Waals surface area (Å²) in [4.78, 5) is 13.7. The molecular formula is C8H8F2N2O4. The summed E-state index contributed by atoms with van der Waals surface area (Å²) in [6.45, 7) is -3.48. The second kappa shape index (κ2) is 5.10. The van der Waals surface area contributed by atoms with Gasteiger partial charge in [0.1, 0.15) is 12.4 Å². The molecule has 0 aliphatic heterocycles. The molecule has 1 amide bonds. The van der Waals surface area contributed by atoms with E-state index in [9.17, 15) is 13.6 Å². The first kappa shape index (κ1) is 12.0. The standard InChI is InChI=1S/C8H8F2N2O4/c9-7(10)16-6-4(3-15-8(11)14)1-5(13)2-12-6/h1-2,7,13H,3H2,(H2,11,14). The summed E-state index contributed by atoms with van der Waals surface area (Å²) >= 11 is 0. The van der Waals surface area contributed by atoms with Gasteiger partial charge in [-0.05, 0) is 6.07 Å². The van der Waals surface area contributed by atoms with E-state index in [2.05, 4.69) is 14.5 Å². The van der Waals surface area contributed by atoms with Gasteiger partial charge in [0.15, 0.2) is 0 Å². The van der Waals surface area contributed by atoms with Crippen LogP contribution in [0.1, 0.15) is 5.56 Å². The summed E-state index contributed by atoms with van der Waals surface area (Å²) in [5.41, 5.74) is 4.68. The lowest BCUT2D eigenvalue weighted by Crippen LogP contribution is -2.14. The minimum Gasteiger partial charge on any atom is -0.506 e. The molecule has 1 heterocycles. The third-order valence-electron chi connectivity index (χ3n) is 1.48. The zero-order valence-electron chi connectivity index (χ0n) is 7.89. The number of hydrogen-bond donors (Lipinski definition) is 2. The van der Waals surface area contributed by atoms with Crippen molar-refractivity contribution in [1.82, 2.24) is 4.98 Å². The van der Waals surface area contributed by atoms with Gasteiger partial charge < -0.3 is 20.3 Å². The lowest BCUT2D eigenvalue weighted by atomic mass is 10.3. The third-order valence-corrected chi connectivity index (χ3v) is 1.48. The van der Waals surface area contributed by atoms with Crippen LogP contribution in [0.4, 0.5) is 13.6 Å². The molecule has 8 heteroatoms. The van der Waals surface area contributed by atoms with Crippen molar-refractivity contribution < 1.29 is 28.2 Å². The van der Waals surface area contributed by atoms with Crippen LogP contribution in [0, 0.1) is 0 Å². The second-order valence-corrected chi connectivity index (χ2v) is 2.64. The number of alkyl halides is 2. The molecule has 0 fully saturated rings. The largest absolute Gasteiger partial charge is 0.506 e. The Labute approximate surface area is 88.6 Å². The Balaban J connectivity index is 2.84. The second-order valence-electron chi connectivity index (χ2n) is 2.64. The number of aromatic hydroxyl groups is 1. The number of aromatic nitrogens is 1. The number of ether oxygens (including phenoxy) is 2. The zero-order valence-corrected chi connectivity index (χ0v) is 7.89. The average molecular weight is 234 g/mol. The van der Waals surface area contributed by atoms with E-state index in [1.165, 1.54) is 0 Å². The van der Waals surface area contributed by atoms with E-state index in [-0.39, 0.29) is 11.3 Å². The summed E-state index contributed by atoms with van der Waals surface area (Å²) in [5.74, 6) is -0.710. The number of primary amides is 1. The number of halogens is 2. The van der Waals surface area contributed by atoms with Gasteiger partial charge in [-0.2, -0.15) is 8.78 Å². The van der Waals surface area contributed by atoms with Crippen LogP contribution in [-0.2, 0) is 11.3 Å². The quantitative estimate of drug-likeness (QED) is 0.809. The molecule has 1 rings (SSSR count). The molecule has 0 spiro atoms. The van der Waals surface area contributed by atoms with Crippen LogP contribution >= 0.6 is 0 Å². The summed E-state index contributed by atoms with van der Waals surface area (Å²) in [6.07, 6.45) is -0.155. The first-order valence-corrected chi connectivity index (χ1v) is 4.04. The van der Waals surface area contributed by atoms with Crippen molar-refractivity contribution in [2.24, 2.45) is 5.73 Å². The smallest absolute Gasteiger partial charge is 0.404 e. The fourth-order valence-electron chi connectivity index (χ4n) is 0.928. The fourth-order valence-corrected chi connectivity index (χ4v) is 0.928. The van der Waals surface area contributed by atoms with Crippen LogP contribution in [0.25, 0.3) is 0 Å². The number of nitrogens with two attached hydrogens (primary N) is 1. The van der Waals surface area contributed by atoms with E-state index in [0.29, 0.717) is 0 Å². The Hall–Kier alpha value is -2.12. The first-order valence-electron chi connectivity index (χ1n) is 4.04. The number of hydrogen-bond acceptors (Lipinski definition) is 5. The predicted molar refractivity (Wildman–Crippen MR) is 46.9 cm³/mol. The number of pyridine rings is 1. The van der Waals surface area contributed by atoms with Gasteiger partial charge in [-0.25, -0.2) is 9.78 Å². The van der Waals surface area contributed by atoms with E-state index >= 15 is 0 Å². The summed E-state index contributed by atoms with van der Waals surface area (Å²) in [5, 5.41) is 9.06. The highest BCUT2D eigenvalue weighted by atomic mass is 19.3. The predicted octanol–water partition coefficient (Wildman–Crippen LogP) is 0.984. The average Bonchev–Trinajstić information content (AvgIpc) is 2.17. The lowest BCUT2D eigenvalue weighted by Gasteiger charge is -2.09. The van der Waals surface area contributed by atoms with Crippen molar-refractivity contribution in [3.05, 3.63) is 17.8 Å². The van der Waals surface area contributed by atoms with Gasteiger partial charge in [-0.15, -0.1) is 0 Å². The summed E-state index contributed by atoms with van der Waals surface area (Å²) in [6, 6.07) is 1.08. The molecular weight excluding hydrogens is 226 g/mol. The number of amides is 1. The fraction of sp³-hybridized carbons (Fsp3) is 0.250. The monoisotopic (exact) mass is 234 g/mol. The highest BCUT2D eigenvalue weighted by molar-refractivity contribution is 5.64. The topological polar surface area (TPSA) is 94.7 Å². The van der Waals surface area contributed by atoms with Gasteiger partial charge in [0.25, 0.3) is 0 Å². The van der Waals surface area contributed by atoms with Crippen molar-refractivity contribution in [1.29, 1.82) is 0 Å². The molecule has 0 saturated carbocycles. The summed E-state index contributed by atoms with van der Waals surface area (Å²) in [7, 11) is 0. The maximum Gasteiger partial charge on any atom is 0.404 e. The van der Waals surface area contributed by atoms with Crippen LogP contribution in [-0.4, -0.2) is 22.8 Å². The highest BCUT2D eigenvalue weighted by Crippen LogP contribution is 2.22. The highest BCUT2D eigenvalue weighted by Gasteiger charge is 2.13. The van der Waals surface area contributed by atoms with E-state index in [1.807, 2.05) is 0 Å². The van der Waals surface area contributed by atoms with Crippen LogP contribution < -0.4 is 10.5 Å². The minimum atomic E-state index is -3.07. The number of rotatable bonds is 4. The molecule has 88 valence electrons. The van der Waals surface area contributed by atoms with Crippen molar-refractivity contribution in [2.75, 3.05) is 0 Å². The minimum absolute atomic E-state index is 0.0147. The van der Waals surface area contributed by atoms with Crippen LogP contribution in [0.2, 0.25) is 0 Å². The van der Waals surface area contributed by atoms with E-state index in [0.717, 1.165) is 12.3 Å².